The average molecular weight is 742 g/mol. The van der Waals surface area contributed by atoms with Gasteiger partial charge in [-0.25, -0.2) is 8.42 Å². The number of phenols is 1. The van der Waals surface area contributed by atoms with E-state index in [0.717, 1.165) is 43.9 Å². The zero-order valence-electron chi connectivity index (χ0n) is 27.2. The number of aromatic hydroxyl groups is 1. The number of nitrogens with zero attached hydrogens (tertiary/aromatic N) is 4. The maximum absolute atomic E-state index is 14.1. The number of carbonyl (C=O) groups is 1. The first-order chi connectivity index (χ1) is 21.8. The van der Waals surface area contributed by atoms with Gasteiger partial charge in [-0.05, 0) is 61.6 Å². The Bertz CT molecular complexity index is 1490. The van der Waals surface area contributed by atoms with E-state index in [1.54, 1.807) is 31.1 Å². The fourth-order valence-electron chi connectivity index (χ4n) is 6.45. The molecule has 0 saturated carbocycles. The molecule has 0 radical (unpaired) electrons. The second kappa shape index (κ2) is 17.2. The van der Waals surface area contributed by atoms with Crippen molar-refractivity contribution in [2.75, 3.05) is 79.2 Å². The van der Waals surface area contributed by atoms with Gasteiger partial charge in [-0.1, -0.05) is 12.1 Å². The summed E-state index contributed by atoms with van der Waals surface area (Å²) in [6.45, 7) is 7.62. The van der Waals surface area contributed by atoms with Crippen LogP contribution in [0.1, 0.15) is 39.9 Å². The molecule has 0 spiro atoms. The number of sulfonamides is 1. The van der Waals surface area contributed by atoms with Crippen molar-refractivity contribution >= 4 is 40.7 Å². The van der Waals surface area contributed by atoms with Crippen LogP contribution in [-0.2, 0) is 32.1 Å². The van der Waals surface area contributed by atoms with Crippen LogP contribution in [0.15, 0.2) is 41.3 Å². The minimum atomic E-state index is -4.84. The summed E-state index contributed by atoms with van der Waals surface area (Å²) in [7, 11) is -2.57. The van der Waals surface area contributed by atoms with Crippen molar-refractivity contribution in [3.05, 3.63) is 58.7 Å². The molecule has 16 heteroatoms. The molecule has 3 aliphatic rings. The molecule has 48 heavy (non-hydrogen) atoms. The maximum atomic E-state index is 14.1. The monoisotopic (exact) mass is 740 g/mol. The molecule has 2 aromatic carbocycles. The van der Waals surface area contributed by atoms with Crippen LogP contribution in [0.25, 0.3) is 0 Å². The molecule has 5 rings (SSSR count). The number of morpholine rings is 1. The van der Waals surface area contributed by atoms with Crippen LogP contribution in [0.5, 0.6) is 5.75 Å². The predicted molar refractivity (Wildman–Crippen MR) is 180 cm³/mol. The summed E-state index contributed by atoms with van der Waals surface area (Å²) < 4.78 is 80.9. The molecule has 3 heterocycles. The highest BCUT2D eigenvalue weighted by Crippen LogP contribution is 2.34. The van der Waals surface area contributed by atoms with Crippen LogP contribution < -0.4 is 0 Å². The minimum absolute atomic E-state index is 0. The molecule has 3 fully saturated rings. The topological polar surface area (TPSA) is 103 Å². The molecule has 1 amide bonds. The van der Waals surface area contributed by atoms with Crippen LogP contribution in [0.2, 0.25) is 0 Å². The highest BCUT2D eigenvalue weighted by molar-refractivity contribution is 7.89. The maximum Gasteiger partial charge on any atom is 0.416 e. The summed E-state index contributed by atoms with van der Waals surface area (Å²) in [6, 6.07) is 7.33. The first kappa shape index (κ1) is 40.3. The number of halogens is 5. The number of piperazine rings is 1. The third-order valence-electron chi connectivity index (χ3n) is 9.06. The molecule has 0 aliphatic carbocycles. The van der Waals surface area contributed by atoms with Crippen LogP contribution >= 0.6 is 24.8 Å². The Morgan fingerprint density at radius 2 is 1.67 bits per heavy atom. The molecular weight excluding hydrogens is 696 g/mol. The van der Waals surface area contributed by atoms with Crippen molar-refractivity contribution in [2.45, 2.75) is 49.4 Å². The summed E-state index contributed by atoms with van der Waals surface area (Å²) in [5.41, 5.74) is 0.00184. The zero-order chi connectivity index (χ0) is 33.1. The van der Waals surface area contributed by atoms with Gasteiger partial charge in [-0.3, -0.25) is 14.6 Å². The van der Waals surface area contributed by atoms with E-state index in [2.05, 4.69) is 9.80 Å². The number of methoxy groups -OCH3 is 1. The summed E-state index contributed by atoms with van der Waals surface area (Å²) in [5, 5.41) is 10.3. The quantitative estimate of drug-likeness (QED) is 0.390. The SMILES string of the molecule is COC[C@@H]1CN(CCN2CCN(C(=O)c3cc(C(F)(F)F)cc(S(=O)(=O)N4CCCC4)c3)[C@H](Cc3ccc(C)c(O)c3)C2)CCO1.Cl.Cl. The molecule has 0 aromatic heterocycles. The van der Waals surface area contributed by atoms with Gasteiger partial charge in [-0.2, -0.15) is 17.5 Å². The second-order valence-corrected chi connectivity index (χ2v) is 14.3. The fourth-order valence-corrected chi connectivity index (χ4v) is 8.04. The number of alkyl halides is 3. The number of carbonyl (C=O) groups excluding carboxylic acids is 1. The Kier molecular flexibility index (Phi) is 14.4. The lowest BCUT2D eigenvalue weighted by molar-refractivity contribution is -0.137. The normalized spacial score (nSPS) is 21.5. The minimum Gasteiger partial charge on any atom is -0.508 e. The van der Waals surface area contributed by atoms with E-state index < -0.39 is 38.6 Å². The summed E-state index contributed by atoms with van der Waals surface area (Å²) in [5.74, 6) is -0.531. The van der Waals surface area contributed by atoms with Crippen LogP contribution in [0.3, 0.4) is 0 Å². The number of amides is 1. The summed E-state index contributed by atoms with van der Waals surface area (Å²) in [4.78, 5) is 19.6. The van der Waals surface area contributed by atoms with Gasteiger partial charge in [0.2, 0.25) is 10.0 Å². The molecule has 270 valence electrons. The van der Waals surface area contributed by atoms with Crippen LogP contribution in [0, 0.1) is 6.92 Å². The fraction of sp³-hybridized carbons (Fsp3) is 0.594. The van der Waals surface area contributed by atoms with Gasteiger partial charge in [0.15, 0.2) is 0 Å². The van der Waals surface area contributed by atoms with E-state index >= 15 is 0 Å². The Hall–Kier alpha value is -2.17. The van der Waals surface area contributed by atoms with Crippen molar-refractivity contribution in [1.29, 1.82) is 0 Å². The van der Waals surface area contributed by atoms with Crippen LogP contribution in [-0.4, -0.2) is 130 Å². The van der Waals surface area contributed by atoms with Crippen molar-refractivity contribution in [1.82, 2.24) is 19.0 Å². The van der Waals surface area contributed by atoms with Gasteiger partial charge in [-0.15, -0.1) is 24.8 Å². The molecule has 0 bridgehead atoms. The summed E-state index contributed by atoms with van der Waals surface area (Å²) in [6.07, 6.45) is -3.22. The van der Waals surface area contributed by atoms with Crippen molar-refractivity contribution < 1.29 is 41.0 Å². The molecule has 2 atom stereocenters. The van der Waals surface area contributed by atoms with E-state index in [9.17, 15) is 31.5 Å². The van der Waals surface area contributed by atoms with Gasteiger partial charge in [0, 0.05) is 77.6 Å². The first-order valence-corrected chi connectivity index (χ1v) is 17.2. The van der Waals surface area contributed by atoms with E-state index in [1.165, 1.54) is 4.31 Å². The number of aryl methyl sites for hydroxylation is 1. The van der Waals surface area contributed by atoms with Crippen LogP contribution in [0.4, 0.5) is 13.2 Å². The number of phenolic OH excluding ortho intramolecular Hbond substituents is 1. The van der Waals surface area contributed by atoms with Gasteiger partial charge >= 0.3 is 6.18 Å². The lowest BCUT2D eigenvalue weighted by Gasteiger charge is -2.43. The number of hydrogen-bond donors (Lipinski definition) is 1. The Labute approximate surface area is 293 Å². The molecule has 3 aliphatic heterocycles. The highest BCUT2D eigenvalue weighted by Gasteiger charge is 2.37. The first-order valence-electron chi connectivity index (χ1n) is 15.7. The lowest BCUT2D eigenvalue weighted by Crippen LogP contribution is -2.57. The lowest BCUT2D eigenvalue weighted by atomic mass is 9.99. The Balaban J connectivity index is 0.00000312. The average Bonchev–Trinajstić information content (AvgIpc) is 3.58. The Morgan fingerprint density at radius 1 is 0.979 bits per heavy atom. The molecule has 0 unspecified atom stereocenters. The van der Waals surface area contributed by atoms with Crippen molar-refractivity contribution in [3.63, 3.8) is 0 Å². The van der Waals surface area contributed by atoms with Crippen molar-refractivity contribution in [3.8, 4) is 5.75 Å². The third kappa shape index (κ3) is 9.75. The molecule has 3 saturated heterocycles. The third-order valence-corrected chi connectivity index (χ3v) is 10.9. The zero-order valence-corrected chi connectivity index (χ0v) is 29.6. The standard InChI is InChI=1S/C32H43F3N4O6S.2ClH/c1-23-5-6-24(16-30(23)40)15-27-20-36(9-10-37-13-14-45-28(21-37)22-44-2)11-12-39(27)31(41)25-17-26(32(33,34)35)19-29(18-25)46(42,43)38-7-3-4-8-38;;/h5-6,16-19,27-28,40H,3-4,7-15,20-22H2,1-2H3;2*1H/t27-,28+;;/m1../s1. The molecule has 10 nitrogen and oxygen atoms in total. The second-order valence-electron chi connectivity index (χ2n) is 12.4. The van der Waals surface area contributed by atoms with Gasteiger partial charge in [0.25, 0.3) is 5.91 Å². The van der Waals surface area contributed by atoms with Gasteiger partial charge < -0.3 is 19.5 Å². The number of ether oxygens (including phenoxy) is 2. The number of hydrogen-bond acceptors (Lipinski definition) is 8. The van der Waals surface area contributed by atoms with Gasteiger partial charge in [0.05, 0.1) is 29.8 Å². The molecular formula is C32H45Cl2F3N4O6S. The highest BCUT2D eigenvalue weighted by atomic mass is 35.5. The van der Waals surface area contributed by atoms with E-state index in [-0.39, 0.29) is 61.9 Å². The van der Waals surface area contributed by atoms with E-state index in [4.69, 9.17) is 9.47 Å². The largest absolute Gasteiger partial charge is 0.508 e. The molecule has 2 aromatic rings. The summed E-state index contributed by atoms with van der Waals surface area (Å²) >= 11 is 0. The van der Waals surface area contributed by atoms with E-state index in [0.29, 0.717) is 57.2 Å². The smallest absolute Gasteiger partial charge is 0.416 e. The Morgan fingerprint density at radius 3 is 2.31 bits per heavy atom. The number of rotatable bonds is 10. The van der Waals surface area contributed by atoms with Crippen molar-refractivity contribution in [2.24, 2.45) is 0 Å². The van der Waals surface area contributed by atoms with E-state index in [1.807, 2.05) is 6.07 Å². The predicted octanol–water partition coefficient (Wildman–Crippen LogP) is 4.06. The molecule has 1 N–H and O–H groups in total. The number of benzene rings is 2. The van der Waals surface area contributed by atoms with Gasteiger partial charge in [0.1, 0.15) is 5.75 Å².